The Balaban J connectivity index is 1.35. The number of hydrogen-bond donors (Lipinski definition) is 1. The number of benzene rings is 3. The Hall–Kier alpha value is -4.84. The lowest BCUT2D eigenvalue weighted by Crippen LogP contribution is -2.31. The van der Waals surface area contributed by atoms with Gasteiger partial charge in [0.2, 0.25) is 5.78 Å². The average molecular weight is 533 g/mol. The number of phenols is 1. The molecule has 0 amide bonds. The first-order valence-electron chi connectivity index (χ1n) is 13.1. The van der Waals surface area contributed by atoms with E-state index >= 15 is 0 Å². The van der Waals surface area contributed by atoms with Gasteiger partial charge in [-0.15, -0.1) is 0 Å². The van der Waals surface area contributed by atoms with E-state index in [1.165, 1.54) is 6.08 Å². The third-order valence-electron chi connectivity index (χ3n) is 6.96. The minimum atomic E-state index is -0.673. The summed E-state index contributed by atoms with van der Waals surface area (Å²) in [7, 11) is 0. The number of rotatable bonds is 5. The minimum Gasteiger partial charge on any atom is -0.506 e. The Morgan fingerprint density at radius 3 is 2.23 bits per heavy atom. The van der Waals surface area contributed by atoms with Gasteiger partial charge in [-0.25, -0.2) is 0 Å². The van der Waals surface area contributed by atoms with Gasteiger partial charge in [-0.2, -0.15) is 0 Å². The minimum absolute atomic E-state index is 0.0792. The average Bonchev–Trinajstić information content (AvgIpc) is 3.34. The van der Waals surface area contributed by atoms with Crippen molar-refractivity contribution >= 4 is 40.8 Å². The fourth-order valence-corrected chi connectivity index (χ4v) is 4.91. The molecule has 1 aromatic heterocycles. The molecule has 0 atom stereocenters. The van der Waals surface area contributed by atoms with Crippen LogP contribution in [0.25, 0.3) is 29.2 Å². The van der Waals surface area contributed by atoms with Gasteiger partial charge >= 0.3 is 0 Å². The van der Waals surface area contributed by atoms with Crippen LogP contribution >= 0.6 is 0 Å². The Morgan fingerprint density at radius 2 is 1.50 bits per heavy atom. The van der Waals surface area contributed by atoms with E-state index in [1.807, 2.05) is 58.1 Å². The van der Waals surface area contributed by atoms with Gasteiger partial charge in [0.05, 0.1) is 11.1 Å². The second kappa shape index (κ2) is 9.12. The molecule has 4 aromatic rings. The largest absolute Gasteiger partial charge is 0.506 e. The highest BCUT2D eigenvalue weighted by atomic mass is 16.5. The molecular weight excluding hydrogens is 504 g/mol. The maximum Gasteiger partial charge on any atom is 0.228 e. The number of ketones is 2. The molecule has 200 valence electrons. The van der Waals surface area contributed by atoms with E-state index < -0.39 is 17.0 Å². The molecule has 2 aliphatic heterocycles. The first kappa shape index (κ1) is 25.4. The molecule has 6 nitrogen and oxygen atoms in total. The third kappa shape index (κ3) is 4.51. The summed E-state index contributed by atoms with van der Waals surface area (Å²) < 4.78 is 18.2. The molecule has 1 N–H and O–H groups in total. The Bertz CT molecular complexity index is 1780. The van der Waals surface area contributed by atoms with Crippen molar-refractivity contribution in [2.24, 2.45) is 0 Å². The van der Waals surface area contributed by atoms with E-state index in [1.54, 1.807) is 54.6 Å². The van der Waals surface area contributed by atoms with Crippen molar-refractivity contribution in [2.75, 3.05) is 0 Å². The normalized spacial score (nSPS) is 16.3. The van der Waals surface area contributed by atoms with Crippen molar-refractivity contribution in [1.29, 1.82) is 0 Å². The summed E-state index contributed by atoms with van der Waals surface area (Å²) in [6, 6.07) is 16.1. The molecule has 0 spiro atoms. The molecule has 6 rings (SSSR count). The standard InChI is InChI=1S/C34H28O6/c1-33(2)16-14-23-30(37)28(32-24(31(23)39-33)15-17-34(3,4)40-32)25(35)12-10-20-11-13-26-22(18-20)19-27(38-26)29(36)21-8-6-5-7-9-21/h5-19,37H,1-4H3/b12-10+. The van der Waals surface area contributed by atoms with Crippen molar-refractivity contribution in [3.05, 3.63) is 106 Å². The fraction of sp³-hybridized carbons (Fsp3) is 0.176. The molecular formula is C34H28O6. The summed E-state index contributed by atoms with van der Waals surface area (Å²) in [4.78, 5) is 26.4. The summed E-state index contributed by atoms with van der Waals surface area (Å²) in [6.45, 7) is 7.61. The first-order chi connectivity index (χ1) is 19.0. The summed E-state index contributed by atoms with van der Waals surface area (Å²) in [5.41, 5.74) is 1.75. The fourth-order valence-electron chi connectivity index (χ4n) is 4.91. The highest BCUT2D eigenvalue weighted by molar-refractivity contribution is 6.13. The number of hydrogen-bond acceptors (Lipinski definition) is 6. The van der Waals surface area contributed by atoms with Gasteiger partial charge < -0.3 is 19.0 Å². The number of allylic oxidation sites excluding steroid dienone is 1. The summed E-state index contributed by atoms with van der Waals surface area (Å²) in [5.74, 6) is 0.228. The van der Waals surface area contributed by atoms with Gasteiger partial charge in [0, 0.05) is 10.9 Å². The summed E-state index contributed by atoms with van der Waals surface area (Å²) >= 11 is 0. The van der Waals surface area contributed by atoms with Gasteiger partial charge in [-0.3, -0.25) is 9.59 Å². The van der Waals surface area contributed by atoms with Gasteiger partial charge in [0.25, 0.3) is 0 Å². The van der Waals surface area contributed by atoms with Crippen LogP contribution in [-0.2, 0) is 0 Å². The van der Waals surface area contributed by atoms with E-state index in [4.69, 9.17) is 13.9 Å². The van der Waals surface area contributed by atoms with E-state index in [2.05, 4.69) is 0 Å². The van der Waals surface area contributed by atoms with Crippen molar-refractivity contribution in [3.63, 3.8) is 0 Å². The van der Waals surface area contributed by atoms with Gasteiger partial charge in [0.15, 0.2) is 11.5 Å². The molecule has 0 saturated heterocycles. The molecule has 0 fully saturated rings. The molecule has 6 heteroatoms. The molecule has 3 heterocycles. The second-order valence-corrected chi connectivity index (χ2v) is 11.1. The SMILES string of the molecule is CC1(C)C=Cc2c(O)c(C(=O)/C=C/c3ccc4oc(C(=O)c5ccccc5)cc4c3)c3c(c2O1)C=CC(C)(C)O3. The molecule has 0 unspecified atom stereocenters. The number of carbonyl (C=O) groups is 2. The third-order valence-corrected chi connectivity index (χ3v) is 6.96. The lowest BCUT2D eigenvalue weighted by molar-refractivity contribution is 0.101. The maximum absolute atomic E-state index is 13.6. The molecule has 3 aromatic carbocycles. The number of phenolic OH excluding ortho intramolecular Hbond substituents is 1. The maximum atomic E-state index is 13.6. The van der Waals surface area contributed by atoms with Crippen LogP contribution in [0.4, 0.5) is 0 Å². The predicted molar refractivity (Wildman–Crippen MR) is 155 cm³/mol. The van der Waals surface area contributed by atoms with Crippen molar-refractivity contribution < 1.29 is 28.6 Å². The van der Waals surface area contributed by atoms with Crippen LogP contribution in [0.5, 0.6) is 17.2 Å². The van der Waals surface area contributed by atoms with Crippen LogP contribution in [0.1, 0.15) is 70.9 Å². The Labute approximate surface area is 231 Å². The molecule has 0 bridgehead atoms. The second-order valence-electron chi connectivity index (χ2n) is 11.1. The quantitative estimate of drug-likeness (QED) is 0.210. The van der Waals surface area contributed by atoms with Crippen LogP contribution in [0.3, 0.4) is 0 Å². The number of carbonyl (C=O) groups excluding carboxylic acids is 2. The Kier molecular flexibility index (Phi) is 5.80. The molecule has 0 aliphatic carbocycles. The van der Waals surface area contributed by atoms with Crippen LogP contribution in [0.15, 0.2) is 77.2 Å². The van der Waals surface area contributed by atoms with Crippen LogP contribution < -0.4 is 9.47 Å². The smallest absolute Gasteiger partial charge is 0.228 e. The Morgan fingerprint density at radius 1 is 0.825 bits per heavy atom. The lowest BCUT2D eigenvalue weighted by atomic mass is 9.90. The zero-order valence-electron chi connectivity index (χ0n) is 22.6. The van der Waals surface area contributed by atoms with Gasteiger partial charge in [-0.05, 0) is 81.8 Å². The topological polar surface area (TPSA) is 86.0 Å². The monoisotopic (exact) mass is 532 g/mol. The van der Waals surface area contributed by atoms with E-state index in [0.29, 0.717) is 33.8 Å². The van der Waals surface area contributed by atoms with E-state index in [0.717, 1.165) is 10.9 Å². The van der Waals surface area contributed by atoms with Gasteiger partial charge in [-0.1, -0.05) is 42.5 Å². The number of furan rings is 1. The van der Waals surface area contributed by atoms with Gasteiger partial charge in [0.1, 0.15) is 39.6 Å². The zero-order valence-corrected chi connectivity index (χ0v) is 22.6. The number of fused-ring (bicyclic) bond motifs is 4. The predicted octanol–water partition coefficient (Wildman–Crippen LogP) is 7.63. The number of aromatic hydroxyl groups is 1. The van der Waals surface area contributed by atoms with Crippen molar-refractivity contribution in [1.82, 2.24) is 0 Å². The molecule has 2 aliphatic rings. The molecule has 0 radical (unpaired) electrons. The van der Waals surface area contributed by atoms with E-state index in [9.17, 15) is 14.7 Å². The first-order valence-corrected chi connectivity index (χ1v) is 13.1. The number of ether oxygens (including phenoxy) is 2. The molecule has 0 saturated carbocycles. The van der Waals surface area contributed by atoms with E-state index in [-0.39, 0.29) is 22.9 Å². The lowest BCUT2D eigenvalue weighted by Gasteiger charge is -2.35. The van der Waals surface area contributed by atoms with Crippen LogP contribution in [0.2, 0.25) is 0 Å². The van der Waals surface area contributed by atoms with Crippen molar-refractivity contribution in [3.8, 4) is 17.2 Å². The summed E-state index contributed by atoms with van der Waals surface area (Å²) in [6.07, 6.45) is 10.5. The highest BCUT2D eigenvalue weighted by Gasteiger charge is 2.36. The van der Waals surface area contributed by atoms with Crippen molar-refractivity contribution in [2.45, 2.75) is 38.9 Å². The molecule has 40 heavy (non-hydrogen) atoms. The van der Waals surface area contributed by atoms with Crippen LogP contribution in [0, 0.1) is 0 Å². The van der Waals surface area contributed by atoms with Crippen LogP contribution in [-0.4, -0.2) is 27.9 Å². The highest BCUT2D eigenvalue weighted by Crippen LogP contribution is 2.50. The summed E-state index contributed by atoms with van der Waals surface area (Å²) in [5, 5.41) is 12.0. The zero-order chi connectivity index (χ0) is 28.2.